The summed E-state index contributed by atoms with van der Waals surface area (Å²) in [4.78, 5) is 32.8. The quantitative estimate of drug-likeness (QED) is 0.862. The van der Waals surface area contributed by atoms with Gasteiger partial charge in [0.15, 0.2) is 0 Å². The summed E-state index contributed by atoms with van der Waals surface area (Å²) in [6.45, 7) is 2.35. The van der Waals surface area contributed by atoms with Gasteiger partial charge in [0.05, 0.1) is 0 Å². The van der Waals surface area contributed by atoms with Gasteiger partial charge in [0.25, 0.3) is 0 Å². The van der Waals surface area contributed by atoms with Crippen LogP contribution in [0.15, 0.2) is 42.7 Å². The van der Waals surface area contributed by atoms with Crippen molar-refractivity contribution in [3.63, 3.8) is 0 Å². The standard InChI is InChI=1S/C19H25N5O2/c1-20-19(26)16-14-24(13-12-22(16)2)17(25)8-10-23-11-9-21-18(23)15-6-4-3-5-7-15/h3-7,9,11,16H,8,10,12-14H2,1-2H3,(H,20,26)/t16-/m0/s1. The second-order valence-corrected chi connectivity index (χ2v) is 6.51. The van der Waals surface area contributed by atoms with Gasteiger partial charge in [-0.3, -0.25) is 14.5 Å². The Morgan fingerprint density at radius 3 is 2.73 bits per heavy atom. The molecule has 3 rings (SSSR count). The van der Waals surface area contributed by atoms with Crippen LogP contribution < -0.4 is 5.32 Å². The molecular formula is C19H25N5O2. The van der Waals surface area contributed by atoms with E-state index in [0.717, 1.165) is 11.4 Å². The third kappa shape index (κ3) is 3.94. The van der Waals surface area contributed by atoms with Crippen LogP contribution >= 0.6 is 0 Å². The van der Waals surface area contributed by atoms with Gasteiger partial charge in [-0.15, -0.1) is 0 Å². The fourth-order valence-electron chi connectivity index (χ4n) is 3.26. The van der Waals surface area contributed by atoms with Gasteiger partial charge in [-0.1, -0.05) is 30.3 Å². The minimum atomic E-state index is -0.286. The van der Waals surface area contributed by atoms with E-state index in [9.17, 15) is 9.59 Å². The first kappa shape index (κ1) is 18.1. The number of imidazole rings is 1. The number of aryl methyl sites for hydroxylation is 1. The van der Waals surface area contributed by atoms with Crippen LogP contribution in [0.1, 0.15) is 6.42 Å². The van der Waals surface area contributed by atoms with Crippen LogP contribution in [-0.4, -0.2) is 70.9 Å². The first-order valence-electron chi connectivity index (χ1n) is 8.86. The SMILES string of the molecule is CNC(=O)[C@@H]1CN(C(=O)CCn2ccnc2-c2ccccc2)CCN1C. The van der Waals surface area contributed by atoms with Crippen molar-refractivity contribution >= 4 is 11.8 Å². The molecule has 2 amide bonds. The Balaban J connectivity index is 1.61. The van der Waals surface area contributed by atoms with Crippen LogP contribution in [-0.2, 0) is 16.1 Å². The van der Waals surface area contributed by atoms with Gasteiger partial charge in [-0.2, -0.15) is 0 Å². The number of hydrogen-bond donors (Lipinski definition) is 1. The Morgan fingerprint density at radius 2 is 2.00 bits per heavy atom. The molecule has 1 atom stereocenters. The highest BCUT2D eigenvalue weighted by Crippen LogP contribution is 2.17. The number of rotatable bonds is 5. The number of carbonyl (C=O) groups excluding carboxylic acids is 2. The van der Waals surface area contributed by atoms with Gasteiger partial charge in [-0.05, 0) is 7.05 Å². The minimum absolute atomic E-state index is 0.0500. The van der Waals surface area contributed by atoms with E-state index in [0.29, 0.717) is 32.6 Å². The van der Waals surface area contributed by atoms with Crippen LogP contribution in [0.3, 0.4) is 0 Å². The molecule has 138 valence electrons. The largest absolute Gasteiger partial charge is 0.358 e. The van der Waals surface area contributed by atoms with Crippen molar-refractivity contribution in [2.24, 2.45) is 0 Å². The van der Waals surface area contributed by atoms with Crippen molar-refractivity contribution in [2.75, 3.05) is 33.7 Å². The van der Waals surface area contributed by atoms with Gasteiger partial charge < -0.3 is 14.8 Å². The van der Waals surface area contributed by atoms with Crippen LogP contribution in [0.25, 0.3) is 11.4 Å². The van der Waals surface area contributed by atoms with E-state index in [2.05, 4.69) is 10.3 Å². The second-order valence-electron chi connectivity index (χ2n) is 6.51. The molecule has 0 saturated carbocycles. The van der Waals surface area contributed by atoms with E-state index in [4.69, 9.17) is 0 Å². The summed E-state index contributed by atoms with van der Waals surface area (Å²) in [5.41, 5.74) is 1.03. The van der Waals surface area contributed by atoms with Crippen molar-refractivity contribution in [3.05, 3.63) is 42.7 Å². The molecule has 0 spiro atoms. The molecule has 0 unspecified atom stereocenters. The number of piperazine rings is 1. The normalized spacial score (nSPS) is 17.9. The maximum Gasteiger partial charge on any atom is 0.238 e. The molecule has 7 nitrogen and oxygen atoms in total. The number of aromatic nitrogens is 2. The average Bonchev–Trinajstić information content (AvgIpc) is 3.15. The molecule has 26 heavy (non-hydrogen) atoms. The number of nitrogens with zero attached hydrogens (tertiary/aromatic N) is 4. The molecule has 7 heteroatoms. The van der Waals surface area contributed by atoms with E-state index >= 15 is 0 Å². The summed E-state index contributed by atoms with van der Waals surface area (Å²) < 4.78 is 2.00. The second kappa shape index (κ2) is 8.14. The summed E-state index contributed by atoms with van der Waals surface area (Å²) in [6, 6.07) is 9.65. The Morgan fingerprint density at radius 1 is 1.23 bits per heavy atom. The Bertz CT molecular complexity index is 758. The zero-order valence-electron chi connectivity index (χ0n) is 15.3. The Labute approximate surface area is 153 Å². The van der Waals surface area contributed by atoms with Crippen molar-refractivity contribution in [3.8, 4) is 11.4 Å². The highest BCUT2D eigenvalue weighted by atomic mass is 16.2. The van der Waals surface area contributed by atoms with Crippen LogP contribution in [0, 0.1) is 0 Å². The predicted molar refractivity (Wildman–Crippen MR) is 99.3 cm³/mol. The summed E-state index contributed by atoms with van der Waals surface area (Å²) in [6.07, 6.45) is 4.04. The summed E-state index contributed by atoms with van der Waals surface area (Å²) in [7, 11) is 3.54. The summed E-state index contributed by atoms with van der Waals surface area (Å²) >= 11 is 0. The van der Waals surface area contributed by atoms with E-state index in [-0.39, 0.29) is 17.9 Å². The molecule has 0 radical (unpaired) electrons. The zero-order chi connectivity index (χ0) is 18.5. The lowest BCUT2D eigenvalue weighted by Crippen LogP contribution is -2.58. The first-order valence-corrected chi connectivity index (χ1v) is 8.86. The van der Waals surface area contributed by atoms with E-state index in [1.807, 2.05) is 53.0 Å². The first-order chi connectivity index (χ1) is 12.6. The molecule has 1 saturated heterocycles. The average molecular weight is 355 g/mol. The number of hydrogen-bond acceptors (Lipinski definition) is 4. The molecule has 1 N–H and O–H groups in total. The summed E-state index contributed by atoms with van der Waals surface area (Å²) in [5, 5.41) is 2.67. The van der Waals surface area contributed by atoms with E-state index in [1.54, 1.807) is 18.1 Å². The third-order valence-electron chi connectivity index (χ3n) is 4.86. The summed E-state index contributed by atoms with van der Waals surface area (Å²) in [5.74, 6) is 0.880. The Kier molecular flexibility index (Phi) is 5.68. The number of amides is 2. The van der Waals surface area contributed by atoms with Gasteiger partial charge in [0.2, 0.25) is 11.8 Å². The maximum absolute atomic E-state index is 12.6. The molecule has 2 heterocycles. The molecule has 0 aliphatic carbocycles. The molecule has 1 aliphatic heterocycles. The Hall–Kier alpha value is -2.67. The minimum Gasteiger partial charge on any atom is -0.358 e. The van der Waals surface area contributed by atoms with Gasteiger partial charge in [0.1, 0.15) is 11.9 Å². The monoisotopic (exact) mass is 355 g/mol. The van der Waals surface area contributed by atoms with Crippen LogP contribution in [0.4, 0.5) is 0 Å². The van der Waals surface area contributed by atoms with Gasteiger partial charge >= 0.3 is 0 Å². The highest BCUT2D eigenvalue weighted by molar-refractivity contribution is 5.83. The lowest BCUT2D eigenvalue weighted by atomic mass is 10.1. The number of nitrogens with one attached hydrogen (secondary N) is 1. The lowest BCUT2D eigenvalue weighted by Gasteiger charge is -2.38. The third-order valence-corrected chi connectivity index (χ3v) is 4.86. The molecule has 1 aromatic carbocycles. The molecule has 0 bridgehead atoms. The molecular weight excluding hydrogens is 330 g/mol. The molecule has 1 aromatic heterocycles. The van der Waals surface area contributed by atoms with Gasteiger partial charge in [0, 0.05) is 57.6 Å². The van der Waals surface area contributed by atoms with Gasteiger partial charge in [-0.25, -0.2) is 4.98 Å². The smallest absolute Gasteiger partial charge is 0.238 e. The predicted octanol–water partition coefficient (Wildman–Crippen LogP) is 0.829. The highest BCUT2D eigenvalue weighted by Gasteiger charge is 2.31. The zero-order valence-corrected chi connectivity index (χ0v) is 15.3. The fraction of sp³-hybridized carbons (Fsp3) is 0.421. The maximum atomic E-state index is 12.6. The van der Waals surface area contributed by atoms with Crippen molar-refractivity contribution < 1.29 is 9.59 Å². The van der Waals surface area contributed by atoms with E-state index in [1.165, 1.54) is 0 Å². The number of likely N-dealkylation sites (N-methyl/N-ethyl adjacent to an activating group) is 2. The molecule has 1 fully saturated rings. The van der Waals surface area contributed by atoms with Crippen molar-refractivity contribution in [1.29, 1.82) is 0 Å². The van der Waals surface area contributed by atoms with E-state index < -0.39 is 0 Å². The number of carbonyl (C=O) groups is 2. The van der Waals surface area contributed by atoms with Crippen molar-refractivity contribution in [2.45, 2.75) is 19.0 Å². The fourth-order valence-corrected chi connectivity index (χ4v) is 3.26. The molecule has 1 aliphatic rings. The number of benzene rings is 1. The lowest BCUT2D eigenvalue weighted by molar-refractivity contribution is -0.137. The topological polar surface area (TPSA) is 70.5 Å². The van der Waals surface area contributed by atoms with Crippen molar-refractivity contribution in [1.82, 2.24) is 24.7 Å². The molecule has 2 aromatic rings. The van der Waals surface area contributed by atoms with Crippen LogP contribution in [0.5, 0.6) is 0 Å². The van der Waals surface area contributed by atoms with Crippen LogP contribution in [0.2, 0.25) is 0 Å².